The zero-order valence-corrected chi connectivity index (χ0v) is 19.5. The maximum absolute atomic E-state index is 14.5. The van der Waals surface area contributed by atoms with Crippen molar-refractivity contribution in [3.63, 3.8) is 0 Å². The normalized spacial score (nSPS) is 26.5. The Morgan fingerprint density at radius 2 is 1.48 bits per heavy atom. The van der Waals surface area contributed by atoms with E-state index in [-0.39, 0.29) is 5.82 Å². The molecule has 1 nitrogen and oxygen atoms in total. The molecule has 0 heterocycles. The zero-order chi connectivity index (χ0) is 21.6. The summed E-state index contributed by atoms with van der Waals surface area (Å²) in [5, 5.41) is 3.75. The number of nitrogens with one attached hydrogen (secondary N) is 1. The van der Waals surface area contributed by atoms with E-state index in [4.69, 9.17) is 0 Å². The SMILES string of the molecule is CCCC1CCC(c2ccc(NC3CCC(c4ccc(CC)cc4F)CC3)cc2)CC1. The molecule has 2 aliphatic carbocycles. The lowest BCUT2D eigenvalue weighted by Crippen LogP contribution is -2.25. The van der Waals surface area contributed by atoms with Gasteiger partial charge in [0.2, 0.25) is 0 Å². The van der Waals surface area contributed by atoms with Gasteiger partial charge in [0.05, 0.1) is 0 Å². The van der Waals surface area contributed by atoms with Gasteiger partial charge < -0.3 is 5.32 Å². The number of halogens is 1. The summed E-state index contributed by atoms with van der Waals surface area (Å²) < 4.78 is 14.5. The molecule has 0 saturated heterocycles. The van der Waals surface area contributed by atoms with Gasteiger partial charge in [-0.1, -0.05) is 51.0 Å². The fourth-order valence-corrected chi connectivity index (χ4v) is 5.95. The lowest BCUT2D eigenvalue weighted by molar-refractivity contribution is 0.308. The van der Waals surface area contributed by atoms with Gasteiger partial charge >= 0.3 is 0 Å². The van der Waals surface area contributed by atoms with Crippen molar-refractivity contribution in [3.8, 4) is 0 Å². The molecule has 2 aromatic rings. The predicted molar refractivity (Wildman–Crippen MR) is 130 cm³/mol. The van der Waals surface area contributed by atoms with Crippen molar-refractivity contribution in [2.75, 3.05) is 5.32 Å². The highest BCUT2D eigenvalue weighted by molar-refractivity contribution is 5.46. The van der Waals surface area contributed by atoms with E-state index in [9.17, 15) is 4.39 Å². The first-order chi connectivity index (χ1) is 15.2. The molecular formula is C29H40FN. The van der Waals surface area contributed by atoms with Crippen LogP contribution in [0.2, 0.25) is 0 Å². The third kappa shape index (κ3) is 5.70. The number of benzene rings is 2. The van der Waals surface area contributed by atoms with Crippen LogP contribution in [0.3, 0.4) is 0 Å². The fraction of sp³-hybridized carbons (Fsp3) is 0.586. The summed E-state index contributed by atoms with van der Waals surface area (Å²) in [5.74, 6) is 2.09. The highest BCUT2D eigenvalue weighted by Crippen LogP contribution is 2.38. The van der Waals surface area contributed by atoms with Crippen molar-refractivity contribution in [3.05, 3.63) is 65.0 Å². The first kappa shape index (κ1) is 22.4. The van der Waals surface area contributed by atoms with Crippen LogP contribution < -0.4 is 5.32 Å². The molecule has 4 rings (SSSR count). The van der Waals surface area contributed by atoms with Crippen LogP contribution in [0.25, 0.3) is 0 Å². The van der Waals surface area contributed by atoms with Gasteiger partial charge in [-0.05, 0) is 110 Å². The number of anilines is 1. The lowest BCUT2D eigenvalue weighted by Gasteiger charge is -2.31. The van der Waals surface area contributed by atoms with Crippen LogP contribution >= 0.6 is 0 Å². The highest BCUT2D eigenvalue weighted by atomic mass is 19.1. The van der Waals surface area contributed by atoms with Crippen LogP contribution in [0.15, 0.2) is 42.5 Å². The van der Waals surface area contributed by atoms with Crippen LogP contribution in [0.1, 0.15) is 107 Å². The maximum atomic E-state index is 14.5. The maximum Gasteiger partial charge on any atom is 0.126 e. The summed E-state index contributed by atoms with van der Waals surface area (Å²) in [6.07, 6.45) is 13.5. The minimum atomic E-state index is -0.00456. The number of hydrogen-bond acceptors (Lipinski definition) is 1. The molecule has 2 aromatic carbocycles. The quantitative estimate of drug-likeness (QED) is 0.472. The number of aryl methyl sites for hydroxylation is 1. The van der Waals surface area contributed by atoms with E-state index >= 15 is 0 Å². The Bertz CT molecular complexity index is 811. The van der Waals surface area contributed by atoms with Crippen LogP contribution in [-0.4, -0.2) is 6.04 Å². The smallest absolute Gasteiger partial charge is 0.126 e. The Morgan fingerprint density at radius 1 is 0.806 bits per heavy atom. The second kappa shape index (κ2) is 10.7. The van der Waals surface area contributed by atoms with Gasteiger partial charge in [0.1, 0.15) is 5.82 Å². The molecule has 0 aliphatic heterocycles. The van der Waals surface area contributed by atoms with E-state index in [1.54, 1.807) is 6.07 Å². The van der Waals surface area contributed by atoms with Crippen LogP contribution in [0.4, 0.5) is 10.1 Å². The average Bonchev–Trinajstić information content (AvgIpc) is 2.81. The van der Waals surface area contributed by atoms with Crippen molar-refractivity contribution in [1.82, 2.24) is 0 Å². The van der Waals surface area contributed by atoms with E-state index < -0.39 is 0 Å². The van der Waals surface area contributed by atoms with Gasteiger partial charge in [-0.2, -0.15) is 0 Å². The van der Waals surface area contributed by atoms with Crippen molar-refractivity contribution in [2.24, 2.45) is 5.92 Å². The van der Waals surface area contributed by atoms with Gasteiger partial charge in [0, 0.05) is 11.7 Å². The van der Waals surface area contributed by atoms with Gasteiger partial charge in [-0.25, -0.2) is 4.39 Å². The number of rotatable bonds is 7. The van der Waals surface area contributed by atoms with E-state index in [2.05, 4.69) is 49.5 Å². The molecule has 0 bridgehead atoms. The molecule has 31 heavy (non-hydrogen) atoms. The van der Waals surface area contributed by atoms with Crippen molar-refractivity contribution >= 4 is 5.69 Å². The van der Waals surface area contributed by atoms with Gasteiger partial charge in [0.15, 0.2) is 0 Å². The standard InChI is InChI=1S/C29H40FN/c1-3-5-22-6-9-23(10-7-22)24-11-15-26(16-12-24)31-27-17-13-25(14-18-27)28-19-8-21(4-2)20-29(28)30/h8,11-12,15-16,19-20,22-23,25,27,31H,3-7,9-10,13-14,17-18H2,1-2H3. The highest BCUT2D eigenvalue weighted by Gasteiger charge is 2.25. The Morgan fingerprint density at radius 3 is 2.10 bits per heavy atom. The molecule has 1 N–H and O–H groups in total. The van der Waals surface area contributed by atoms with Crippen molar-refractivity contribution in [1.29, 1.82) is 0 Å². The summed E-state index contributed by atoms with van der Waals surface area (Å²) in [6, 6.07) is 15.6. The molecule has 0 spiro atoms. The Kier molecular flexibility index (Phi) is 7.69. The van der Waals surface area contributed by atoms with Crippen LogP contribution in [0, 0.1) is 11.7 Å². The average molecular weight is 422 g/mol. The largest absolute Gasteiger partial charge is 0.382 e. The van der Waals surface area contributed by atoms with E-state index in [0.29, 0.717) is 12.0 Å². The Hall–Kier alpha value is -1.83. The molecule has 2 fully saturated rings. The second-order valence-electron chi connectivity index (χ2n) is 10.0. The van der Waals surface area contributed by atoms with Gasteiger partial charge in [-0.15, -0.1) is 0 Å². The van der Waals surface area contributed by atoms with Gasteiger partial charge in [-0.3, -0.25) is 0 Å². The summed E-state index contributed by atoms with van der Waals surface area (Å²) in [5.41, 5.74) is 4.78. The first-order valence-electron chi connectivity index (χ1n) is 12.8. The van der Waals surface area contributed by atoms with Gasteiger partial charge in [0.25, 0.3) is 0 Å². The Balaban J connectivity index is 1.26. The zero-order valence-electron chi connectivity index (χ0n) is 19.5. The molecule has 168 valence electrons. The topological polar surface area (TPSA) is 12.0 Å². The van der Waals surface area contributed by atoms with E-state index in [1.165, 1.54) is 49.8 Å². The summed E-state index contributed by atoms with van der Waals surface area (Å²) in [4.78, 5) is 0. The third-order valence-corrected chi connectivity index (χ3v) is 7.94. The lowest BCUT2D eigenvalue weighted by atomic mass is 9.77. The molecule has 2 aliphatic rings. The molecule has 0 aromatic heterocycles. The third-order valence-electron chi connectivity index (χ3n) is 7.94. The summed E-state index contributed by atoms with van der Waals surface area (Å²) in [7, 11) is 0. The predicted octanol–water partition coefficient (Wildman–Crippen LogP) is 8.60. The molecule has 0 radical (unpaired) electrons. The van der Waals surface area contributed by atoms with E-state index in [0.717, 1.165) is 55.1 Å². The first-order valence-corrected chi connectivity index (χ1v) is 12.8. The molecule has 2 saturated carbocycles. The van der Waals surface area contributed by atoms with Crippen molar-refractivity contribution in [2.45, 2.75) is 102 Å². The number of hydrogen-bond donors (Lipinski definition) is 1. The minimum Gasteiger partial charge on any atom is -0.382 e. The second-order valence-corrected chi connectivity index (χ2v) is 10.0. The fourth-order valence-electron chi connectivity index (χ4n) is 5.95. The minimum absolute atomic E-state index is 0.00456. The summed E-state index contributed by atoms with van der Waals surface area (Å²) >= 11 is 0. The van der Waals surface area contributed by atoms with Crippen molar-refractivity contribution < 1.29 is 4.39 Å². The molecule has 0 amide bonds. The molecule has 0 unspecified atom stereocenters. The molecule has 2 heteroatoms. The summed E-state index contributed by atoms with van der Waals surface area (Å²) in [6.45, 7) is 4.39. The molecular weight excluding hydrogens is 381 g/mol. The van der Waals surface area contributed by atoms with Crippen LogP contribution in [0.5, 0.6) is 0 Å². The van der Waals surface area contributed by atoms with Crippen LogP contribution in [-0.2, 0) is 6.42 Å². The van der Waals surface area contributed by atoms with E-state index in [1.807, 2.05) is 6.07 Å². The monoisotopic (exact) mass is 421 g/mol. The Labute approximate surface area is 188 Å². The molecule has 0 atom stereocenters.